The summed E-state index contributed by atoms with van der Waals surface area (Å²) in [6.07, 6.45) is 1.57. The van der Waals surface area contributed by atoms with Crippen molar-refractivity contribution in [3.63, 3.8) is 0 Å². The minimum absolute atomic E-state index is 0.608. The maximum Gasteiger partial charge on any atom is 0.159 e. The van der Waals surface area contributed by atoms with Gasteiger partial charge in [0.1, 0.15) is 12.0 Å². The first kappa shape index (κ1) is 14.6. The Bertz CT molecular complexity index is 607. The zero-order valence-corrected chi connectivity index (χ0v) is 12.9. The molecule has 0 saturated carbocycles. The van der Waals surface area contributed by atoms with Crippen molar-refractivity contribution in [2.75, 3.05) is 48.7 Å². The molecule has 0 radical (unpaired) electrons. The van der Waals surface area contributed by atoms with Gasteiger partial charge in [-0.05, 0) is 18.7 Å². The second-order valence-electron chi connectivity index (χ2n) is 5.37. The molecule has 1 aromatic heterocycles. The number of piperazine rings is 1. The number of hydrogen-bond acceptors (Lipinski definition) is 6. The van der Waals surface area contributed by atoms with E-state index in [0.717, 1.165) is 44.2 Å². The zero-order valence-electron chi connectivity index (χ0n) is 12.9. The molecule has 0 spiro atoms. The van der Waals surface area contributed by atoms with E-state index >= 15 is 0 Å². The summed E-state index contributed by atoms with van der Waals surface area (Å²) in [6, 6.07) is 9.91. The summed E-state index contributed by atoms with van der Waals surface area (Å²) < 4.78 is 0. The predicted molar refractivity (Wildman–Crippen MR) is 90.5 cm³/mol. The van der Waals surface area contributed by atoms with Crippen LogP contribution in [0.4, 0.5) is 23.0 Å². The third-order valence-corrected chi connectivity index (χ3v) is 4.02. The molecule has 2 heterocycles. The van der Waals surface area contributed by atoms with E-state index in [-0.39, 0.29) is 0 Å². The molecule has 1 aliphatic heterocycles. The summed E-state index contributed by atoms with van der Waals surface area (Å²) in [4.78, 5) is 13.3. The highest BCUT2D eigenvalue weighted by molar-refractivity contribution is 5.78. The van der Waals surface area contributed by atoms with Crippen LogP contribution in [0.2, 0.25) is 0 Å². The molecule has 1 saturated heterocycles. The van der Waals surface area contributed by atoms with Gasteiger partial charge in [-0.3, -0.25) is 0 Å². The summed E-state index contributed by atoms with van der Waals surface area (Å²) in [5.41, 5.74) is 7.86. The normalized spacial score (nSPS) is 15.8. The van der Waals surface area contributed by atoms with E-state index in [2.05, 4.69) is 32.0 Å². The SMILES string of the molecule is CCN1CCN(c2ncnc(Nc3ccccc3)c2N)CC1. The lowest BCUT2D eigenvalue weighted by atomic mass is 10.3. The highest BCUT2D eigenvalue weighted by atomic mass is 15.3. The van der Waals surface area contributed by atoms with E-state index in [1.807, 2.05) is 30.3 Å². The van der Waals surface area contributed by atoms with Gasteiger partial charge in [0.15, 0.2) is 11.6 Å². The molecule has 1 aliphatic rings. The lowest BCUT2D eigenvalue weighted by Gasteiger charge is -2.35. The quantitative estimate of drug-likeness (QED) is 0.899. The van der Waals surface area contributed by atoms with Crippen molar-refractivity contribution in [1.82, 2.24) is 14.9 Å². The molecule has 1 aromatic carbocycles. The standard InChI is InChI=1S/C16H22N6/c1-2-21-8-10-22(11-9-21)16-14(17)15(18-12-19-16)20-13-6-4-3-5-7-13/h3-7,12H,2,8-11,17H2,1H3,(H,18,19,20). The van der Waals surface area contributed by atoms with Crippen LogP contribution >= 0.6 is 0 Å². The van der Waals surface area contributed by atoms with Crippen molar-refractivity contribution in [1.29, 1.82) is 0 Å². The monoisotopic (exact) mass is 298 g/mol. The van der Waals surface area contributed by atoms with Crippen LogP contribution in [-0.2, 0) is 0 Å². The Hall–Kier alpha value is -2.34. The second-order valence-corrected chi connectivity index (χ2v) is 5.37. The number of anilines is 4. The maximum absolute atomic E-state index is 6.29. The molecule has 2 aromatic rings. The number of aromatic nitrogens is 2. The number of likely N-dealkylation sites (N-methyl/N-ethyl adjacent to an activating group) is 1. The van der Waals surface area contributed by atoms with Gasteiger partial charge in [-0.15, -0.1) is 0 Å². The molecular formula is C16H22N6. The number of hydrogen-bond donors (Lipinski definition) is 2. The molecule has 22 heavy (non-hydrogen) atoms. The molecule has 6 nitrogen and oxygen atoms in total. The maximum atomic E-state index is 6.29. The number of rotatable bonds is 4. The smallest absolute Gasteiger partial charge is 0.159 e. The lowest BCUT2D eigenvalue weighted by molar-refractivity contribution is 0.270. The average molecular weight is 298 g/mol. The van der Waals surface area contributed by atoms with Gasteiger partial charge in [0.2, 0.25) is 0 Å². The van der Waals surface area contributed by atoms with Gasteiger partial charge in [-0.25, -0.2) is 9.97 Å². The summed E-state index contributed by atoms with van der Waals surface area (Å²) in [6.45, 7) is 7.26. The van der Waals surface area contributed by atoms with Crippen LogP contribution < -0.4 is 16.0 Å². The van der Waals surface area contributed by atoms with Crippen LogP contribution in [0.1, 0.15) is 6.92 Å². The average Bonchev–Trinajstić information content (AvgIpc) is 2.58. The van der Waals surface area contributed by atoms with Crippen molar-refractivity contribution >= 4 is 23.0 Å². The minimum atomic E-state index is 0.608. The fourth-order valence-electron chi connectivity index (χ4n) is 2.67. The summed E-state index contributed by atoms with van der Waals surface area (Å²) >= 11 is 0. The van der Waals surface area contributed by atoms with Crippen molar-refractivity contribution in [2.24, 2.45) is 0 Å². The lowest BCUT2D eigenvalue weighted by Crippen LogP contribution is -2.46. The molecule has 3 N–H and O–H groups in total. The van der Waals surface area contributed by atoms with Crippen molar-refractivity contribution in [3.05, 3.63) is 36.7 Å². The number of nitrogen functional groups attached to an aromatic ring is 1. The Morgan fingerprint density at radius 1 is 1.09 bits per heavy atom. The largest absolute Gasteiger partial charge is 0.393 e. The van der Waals surface area contributed by atoms with Gasteiger partial charge in [0.05, 0.1) is 0 Å². The van der Waals surface area contributed by atoms with Gasteiger partial charge in [-0.1, -0.05) is 25.1 Å². The molecule has 0 bridgehead atoms. The number of benzene rings is 1. The predicted octanol–water partition coefficient (Wildman–Crippen LogP) is 1.94. The summed E-state index contributed by atoms with van der Waals surface area (Å²) in [7, 11) is 0. The fourth-order valence-corrected chi connectivity index (χ4v) is 2.67. The van der Waals surface area contributed by atoms with Crippen molar-refractivity contribution < 1.29 is 0 Å². The fraction of sp³-hybridized carbons (Fsp3) is 0.375. The van der Waals surface area contributed by atoms with Crippen molar-refractivity contribution in [3.8, 4) is 0 Å². The van der Waals surface area contributed by atoms with E-state index in [1.54, 1.807) is 6.33 Å². The number of nitrogens with one attached hydrogen (secondary N) is 1. The number of nitrogens with zero attached hydrogens (tertiary/aromatic N) is 4. The first-order valence-electron chi connectivity index (χ1n) is 7.67. The molecule has 3 rings (SSSR count). The first-order valence-corrected chi connectivity index (χ1v) is 7.67. The van der Waals surface area contributed by atoms with E-state index in [4.69, 9.17) is 5.73 Å². The molecule has 116 valence electrons. The summed E-state index contributed by atoms with van der Waals surface area (Å²) in [5, 5.41) is 3.26. The molecule has 0 aliphatic carbocycles. The van der Waals surface area contributed by atoms with E-state index < -0.39 is 0 Å². The molecule has 0 atom stereocenters. The van der Waals surface area contributed by atoms with Crippen LogP contribution in [0.5, 0.6) is 0 Å². The van der Waals surface area contributed by atoms with Gasteiger partial charge in [0, 0.05) is 31.9 Å². The Labute approximate surface area is 131 Å². The highest BCUT2D eigenvalue weighted by Gasteiger charge is 2.20. The van der Waals surface area contributed by atoms with Gasteiger partial charge < -0.3 is 20.9 Å². The van der Waals surface area contributed by atoms with Crippen LogP contribution in [0.3, 0.4) is 0 Å². The van der Waals surface area contributed by atoms with E-state index in [9.17, 15) is 0 Å². The second kappa shape index (κ2) is 6.62. The van der Waals surface area contributed by atoms with Crippen LogP contribution in [0.15, 0.2) is 36.7 Å². The highest BCUT2D eigenvalue weighted by Crippen LogP contribution is 2.28. The molecule has 0 unspecified atom stereocenters. The number of nitrogens with two attached hydrogens (primary N) is 1. The molecule has 6 heteroatoms. The third kappa shape index (κ3) is 3.12. The van der Waals surface area contributed by atoms with Crippen molar-refractivity contribution in [2.45, 2.75) is 6.92 Å². The summed E-state index contributed by atoms with van der Waals surface area (Å²) in [5.74, 6) is 1.48. The van der Waals surface area contributed by atoms with E-state index in [1.165, 1.54) is 0 Å². The van der Waals surface area contributed by atoms with Gasteiger partial charge >= 0.3 is 0 Å². The first-order chi connectivity index (χ1) is 10.8. The molecule has 0 amide bonds. The van der Waals surface area contributed by atoms with Gasteiger partial charge in [-0.2, -0.15) is 0 Å². The van der Waals surface area contributed by atoms with E-state index in [0.29, 0.717) is 11.5 Å². The Kier molecular flexibility index (Phi) is 4.39. The molecular weight excluding hydrogens is 276 g/mol. The van der Waals surface area contributed by atoms with Crippen LogP contribution in [0.25, 0.3) is 0 Å². The zero-order chi connectivity index (χ0) is 15.4. The Morgan fingerprint density at radius 2 is 1.82 bits per heavy atom. The van der Waals surface area contributed by atoms with Crippen LogP contribution in [-0.4, -0.2) is 47.6 Å². The Balaban J connectivity index is 1.77. The minimum Gasteiger partial charge on any atom is -0.393 e. The topological polar surface area (TPSA) is 70.3 Å². The van der Waals surface area contributed by atoms with Crippen LogP contribution in [0, 0.1) is 0 Å². The molecule has 1 fully saturated rings. The van der Waals surface area contributed by atoms with Gasteiger partial charge in [0.25, 0.3) is 0 Å². The number of para-hydroxylation sites is 1. The third-order valence-electron chi connectivity index (χ3n) is 4.02. The Morgan fingerprint density at radius 3 is 2.50 bits per heavy atom.